The van der Waals surface area contributed by atoms with Crippen molar-refractivity contribution in [2.45, 2.75) is 13.3 Å². The van der Waals surface area contributed by atoms with Crippen molar-refractivity contribution in [1.29, 1.82) is 0 Å². The van der Waals surface area contributed by atoms with E-state index in [9.17, 15) is 0 Å². The standard InChI is InChI=1S/C13H17NO2S/c1-9-6-11(2-3-12(9)13(14)17)16-8-10-4-5-15-7-10/h2-3,6,10H,4-5,7-8H2,1H3,(H2,14,17). The molecule has 0 saturated carbocycles. The fraction of sp³-hybridized carbons (Fsp3) is 0.462. The van der Waals surface area contributed by atoms with Crippen LogP contribution in [0.1, 0.15) is 17.5 Å². The van der Waals surface area contributed by atoms with E-state index in [0.29, 0.717) is 17.5 Å². The van der Waals surface area contributed by atoms with Crippen molar-refractivity contribution in [2.24, 2.45) is 11.7 Å². The number of aryl methyl sites for hydroxylation is 1. The molecule has 0 aliphatic carbocycles. The predicted molar refractivity (Wildman–Crippen MR) is 71.5 cm³/mol. The zero-order chi connectivity index (χ0) is 12.3. The van der Waals surface area contributed by atoms with Crippen LogP contribution in [0.15, 0.2) is 18.2 Å². The molecule has 1 fully saturated rings. The summed E-state index contributed by atoms with van der Waals surface area (Å²) in [6, 6.07) is 5.81. The van der Waals surface area contributed by atoms with Gasteiger partial charge < -0.3 is 15.2 Å². The van der Waals surface area contributed by atoms with E-state index >= 15 is 0 Å². The Morgan fingerprint density at radius 3 is 3.00 bits per heavy atom. The zero-order valence-corrected chi connectivity index (χ0v) is 10.8. The van der Waals surface area contributed by atoms with Gasteiger partial charge in [0.2, 0.25) is 0 Å². The molecule has 17 heavy (non-hydrogen) atoms. The molecule has 1 aliphatic rings. The first-order valence-corrected chi connectivity index (χ1v) is 6.18. The number of hydrogen-bond acceptors (Lipinski definition) is 3. The van der Waals surface area contributed by atoms with Crippen LogP contribution in [0.3, 0.4) is 0 Å². The summed E-state index contributed by atoms with van der Waals surface area (Å²) >= 11 is 4.97. The maximum absolute atomic E-state index is 5.74. The van der Waals surface area contributed by atoms with Crippen molar-refractivity contribution in [2.75, 3.05) is 19.8 Å². The van der Waals surface area contributed by atoms with E-state index in [1.165, 1.54) is 0 Å². The molecule has 1 heterocycles. The lowest BCUT2D eigenvalue weighted by Crippen LogP contribution is -2.13. The Kier molecular flexibility index (Phi) is 3.97. The summed E-state index contributed by atoms with van der Waals surface area (Å²) in [5, 5.41) is 0. The highest BCUT2D eigenvalue weighted by Crippen LogP contribution is 2.19. The summed E-state index contributed by atoms with van der Waals surface area (Å²) in [6.45, 7) is 4.36. The highest BCUT2D eigenvalue weighted by Gasteiger charge is 2.16. The topological polar surface area (TPSA) is 44.5 Å². The Morgan fingerprint density at radius 1 is 1.59 bits per heavy atom. The van der Waals surface area contributed by atoms with Gasteiger partial charge in [0.25, 0.3) is 0 Å². The minimum Gasteiger partial charge on any atom is -0.493 e. The van der Waals surface area contributed by atoms with Gasteiger partial charge in [-0.2, -0.15) is 0 Å². The Labute approximate surface area is 107 Å². The van der Waals surface area contributed by atoms with Gasteiger partial charge in [-0.05, 0) is 37.1 Å². The second-order valence-electron chi connectivity index (χ2n) is 4.38. The first-order valence-electron chi connectivity index (χ1n) is 5.78. The van der Waals surface area contributed by atoms with Gasteiger partial charge in [0.15, 0.2) is 0 Å². The molecule has 92 valence electrons. The second-order valence-corrected chi connectivity index (χ2v) is 4.82. The SMILES string of the molecule is Cc1cc(OCC2CCOC2)ccc1C(N)=S. The van der Waals surface area contributed by atoms with Crippen molar-refractivity contribution in [3.63, 3.8) is 0 Å². The quantitative estimate of drug-likeness (QED) is 0.832. The molecule has 1 aliphatic heterocycles. The highest BCUT2D eigenvalue weighted by molar-refractivity contribution is 7.80. The Hall–Kier alpha value is -1.13. The lowest BCUT2D eigenvalue weighted by molar-refractivity contribution is 0.167. The first-order chi connectivity index (χ1) is 8.16. The van der Waals surface area contributed by atoms with Crippen LogP contribution in [0.25, 0.3) is 0 Å². The molecule has 4 heteroatoms. The van der Waals surface area contributed by atoms with E-state index in [1.54, 1.807) is 0 Å². The average molecular weight is 251 g/mol. The van der Waals surface area contributed by atoms with E-state index in [0.717, 1.165) is 36.5 Å². The van der Waals surface area contributed by atoms with E-state index < -0.39 is 0 Å². The molecule has 2 rings (SSSR count). The Balaban J connectivity index is 1.97. The van der Waals surface area contributed by atoms with Crippen LogP contribution in [-0.4, -0.2) is 24.8 Å². The molecule has 0 bridgehead atoms. The van der Waals surface area contributed by atoms with Gasteiger partial charge >= 0.3 is 0 Å². The van der Waals surface area contributed by atoms with E-state index in [2.05, 4.69) is 0 Å². The molecular formula is C13H17NO2S. The molecule has 1 saturated heterocycles. The van der Waals surface area contributed by atoms with Crippen molar-refractivity contribution >= 4 is 17.2 Å². The molecule has 0 aromatic heterocycles. The summed E-state index contributed by atoms with van der Waals surface area (Å²) in [5.74, 6) is 1.39. The van der Waals surface area contributed by atoms with Crippen LogP contribution in [-0.2, 0) is 4.74 Å². The molecule has 1 unspecified atom stereocenters. The molecule has 3 nitrogen and oxygen atoms in total. The van der Waals surface area contributed by atoms with Gasteiger partial charge in [0.05, 0.1) is 13.2 Å². The highest BCUT2D eigenvalue weighted by atomic mass is 32.1. The average Bonchev–Trinajstić information content (AvgIpc) is 2.78. The fourth-order valence-electron chi connectivity index (χ4n) is 1.93. The van der Waals surface area contributed by atoms with E-state index in [4.69, 9.17) is 27.4 Å². The van der Waals surface area contributed by atoms with E-state index in [1.807, 2.05) is 25.1 Å². The summed E-state index contributed by atoms with van der Waals surface area (Å²) < 4.78 is 11.0. The van der Waals surface area contributed by atoms with Gasteiger partial charge in [-0.3, -0.25) is 0 Å². The van der Waals surface area contributed by atoms with Gasteiger partial charge in [0, 0.05) is 18.1 Å². The summed E-state index contributed by atoms with van der Waals surface area (Å²) in [7, 11) is 0. The van der Waals surface area contributed by atoms with Gasteiger partial charge in [0.1, 0.15) is 10.7 Å². The van der Waals surface area contributed by atoms with Crippen LogP contribution in [0.2, 0.25) is 0 Å². The summed E-state index contributed by atoms with van der Waals surface area (Å²) in [5.41, 5.74) is 7.58. The van der Waals surface area contributed by atoms with Crippen molar-refractivity contribution in [3.05, 3.63) is 29.3 Å². The number of nitrogens with two attached hydrogens (primary N) is 1. The van der Waals surface area contributed by atoms with Gasteiger partial charge in [-0.25, -0.2) is 0 Å². The van der Waals surface area contributed by atoms with Gasteiger partial charge in [-0.1, -0.05) is 12.2 Å². The van der Waals surface area contributed by atoms with Gasteiger partial charge in [-0.15, -0.1) is 0 Å². The minimum absolute atomic E-state index is 0.429. The fourth-order valence-corrected chi connectivity index (χ4v) is 2.16. The molecule has 2 N–H and O–H groups in total. The number of ether oxygens (including phenoxy) is 2. The Morgan fingerprint density at radius 2 is 2.41 bits per heavy atom. The number of rotatable bonds is 4. The molecule has 1 aromatic rings. The van der Waals surface area contributed by atoms with Crippen LogP contribution in [0.4, 0.5) is 0 Å². The third-order valence-corrected chi connectivity index (χ3v) is 3.19. The largest absolute Gasteiger partial charge is 0.493 e. The van der Waals surface area contributed by atoms with Crippen molar-refractivity contribution < 1.29 is 9.47 Å². The monoisotopic (exact) mass is 251 g/mol. The maximum atomic E-state index is 5.74. The van der Waals surface area contributed by atoms with Crippen LogP contribution in [0, 0.1) is 12.8 Å². The predicted octanol–water partition coefficient (Wildman–Crippen LogP) is 2.04. The third kappa shape index (κ3) is 3.17. The molecule has 1 atom stereocenters. The summed E-state index contributed by atoms with van der Waals surface area (Å²) in [6.07, 6.45) is 1.09. The molecule has 0 amide bonds. The Bertz CT molecular complexity index is 414. The smallest absolute Gasteiger partial charge is 0.119 e. The molecule has 0 spiro atoms. The molecular weight excluding hydrogens is 234 g/mol. The van der Waals surface area contributed by atoms with Crippen LogP contribution >= 0.6 is 12.2 Å². The number of benzene rings is 1. The minimum atomic E-state index is 0.429. The van der Waals surface area contributed by atoms with Crippen molar-refractivity contribution in [1.82, 2.24) is 0 Å². The normalized spacial score (nSPS) is 19.2. The second kappa shape index (κ2) is 5.47. The molecule has 0 radical (unpaired) electrons. The zero-order valence-electron chi connectivity index (χ0n) is 9.94. The molecule has 1 aromatic carbocycles. The third-order valence-electron chi connectivity index (χ3n) is 2.97. The first kappa shape index (κ1) is 12.3. The lowest BCUT2D eigenvalue weighted by atomic mass is 10.1. The maximum Gasteiger partial charge on any atom is 0.119 e. The number of thiocarbonyl (C=S) groups is 1. The summed E-state index contributed by atoms with van der Waals surface area (Å²) in [4.78, 5) is 0.429. The van der Waals surface area contributed by atoms with Crippen LogP contribution in [0.5, 0.6) is 5.75 Å². The van der Waals surface area contributed by atoms with Crippen molar-refractivity contribution in [3.8, 4) is 5.75 Å². The number of hydrogen-bond donors (Lipinski definition) is 1. The lowest BCUT2D eigenvalue weighted by Gasteiger charge is -2.12. The van der Waals surface area contributed by atoms with Crippen LogP contribution < -0.4 is 10.5 Å². The van der Waals surface area contributed by atoms with E-state index in [-0.39, 0.29) is 0 Å².